The molecule has 1 aromatic heterocycles. The van der Waals surface area contributed by atoms with Gasteiger partial charge in [0, 0.05) is 51.4 Å². The fourth-order valence-corrected chi connectivity index (χ4v) is 2.36. The van der Waals surface area contributed by atoms with E-state index in [4.69, 9.17) is 24.8 Å². The summed E-state index contributed by atoms with van der Waals surface area (Å²) in [5.74, 6) is 0. The van der Waals surface area contributed by atoms with Gasteiger partial charge in [-0.25, -0.2) is 4.68 Å². The molecular formula is C8H5KN2S3-. The summed E-state index contributed by atoms with van der Waals surface area (Å²) >= 11 is 11.4. The molecule has 0 bridgehead atoms. The number of hydrogen-bond acceptors (Lipinski definition) is 4. The van der Waals surface area contributed by atoms with Crippen LogP contribution in [0.25, 0.3) is 5.69 Å². The van der Waals surface area contributed by atoms with Crippen LogP contribution >= 0.6 is 23.6 Å². The molecule has 0 fully saturated rings. The first-order chi connectivity index (χ1) is 6.27. The standard InChI is InChI=1S/C8H6N2S3.K/c11-7-9-10(8(12)13-7)6-4-2-1-3-5-6;/h1-5H,(H,9,11);/p-1. The van der Waals surface area contributed by atoms with Crippen LogP contribution in [0.2, 0.25) is 0 Å². The first-order valence-electron chi connectivity index (χ1n) is 3.60. The van der Waals surface area contributed by atoms with Crippen molar-refractivity contribution in [2.24, 2.45) is 0 Å². The average molecular weight is 264 g/mol. The summed E-state index contributed by atoms with van der Waals surface area (Å²) in [5, 5.41) is 4.13. The molecular weight excluding hydrogens is 259 g/mol. The summed E-state index contributed by atoms with van der Waals surface area (Å²) < 4.78 is 2.95. The number of para-hydroxylation sites is 1. The minimum atomic E-state index is 0. The second kappa shape index (κ2) is 5.81. The van der Waals surface area contributed by atoms with Crippen molar-refractivity contribution in [2.75, 3.05) is 0 Å². The summed E-state index contributed by atoms with van der Waals surface area (Å²) in [5.41, 5.74) is 0.958. The van der Waals surface area contributed by atoms with E-state index in [-0.39, 0.29) is 51.4 Å². The molecule has 0 atom stereocenters. The smallest absolute Gasteiger partial charge is 0.0904 e. The van der Waals surface area contributed by atoms with Gasteiger partial charge in [0.25, 0.3) is 0 Å². The van der Waals surface area contributed by atoms with Gasteiger partial charge in [0.2, 0.25) is 0 Å². The van der Waals surface area contributed by atoms with Gasteiger partial charge in [0.15, 0.2) is 0 Å². The Hall–Kier alpha value is 0.856. The number of aromatic nitrogens is 2. The molecule has 0 saturated heterocycles. The zero-order valence-electron chi connectivity index (χ0n) is 7.51. The molecule has 67 valence electrons. The fourth-order valence-electron chi connectivity index (χ4n) is 0.993. The predicted octanol–water partition coefficient (Wildman–Crippen LogP) is 2.19. The maximum absolute atomic E-state index is 5.11. The third-order valence-corrected chi connectivity index (χ3v) is 2.89. The minimum absolute atomic E-state index is 0. The van der Waals surface area contributed by atoms with Crippen molar-refractivity contribution in [2.45, 2.75) is 4.34 Å². The molecule has 0 aliphatic heterocycles. The van der Waals surface area contributed by atoms with Gasteiger partial charge in [0.05, 0.1) is 9.64 Å². The van der Waals surface area contributed by atoms with E-state index in [1.54, 1.807) is 4.68 Å². The second-order valence-corrected chi connectivity index (χ2v) is 4.65. The van der Waals surface area contributed by atoms with Crippen molar-refractivity contribution in [1.29, 1.82) is 0 Å². The van der Waals surface area contributed by atoms with Gasteiger partial charge in [-0.3, -0.25) is 0 Å². The molecule has 0 N–H and O–H groups in total. The van der Waals surface area contributed by atoms with Gasteiger partial charge in [-0.05, 0) is 16.5 Å². The Bertz CT molecular complexity index is 463. The maximum atomic E-state index is 5.11. The monoisotopic (exact) mass is 264 g/mol. The second-order valence-electron chi connectivity index (χ2n) is 2.38. The maximum Gasteiger partial charge on any atom is 0.0904 e. The predicted molar refractivity (Wildman–Crippen MR) is 63.7 cm³/mol. The van der Waals surface area contributed by atoms with Crippen LogP contribution < -0.4 is 0 Å². The molecule has 0 amide bonds. The number of hydrogen-bond donors (Lipinski definition) is 0. The summed E-state index contributed by atoms with van der Waals surface area (Å²) in [7, 11) is 0. The molecule has 2 aromatic rings. The zero-order chi connectivity index (χ0) is 9.26. The van der Waals surface area contributed by atoms with Crippen LogP contribution in [0.15, 0.2) is 34.7 Å². The van der Waals surface area contributed by atoms with E-state index in [1.165, 1.54) is 11.3 Å². The van der Waals surface area contributed by atoms with E-state index >= 15 is 0 Å². The van der Waals surface area contributed by atoms with Crippen molar-refractivity contribution >= 4 is 87.6 Å². The first-order valence-corrected chi connectivity index (χ1v) is 5.23. The molecule has 0 aliphatic carbocycles. The van der Waals surface area contributed by atoms with Gasteiger partial charge < -0.3 is 24.0 Å². The van der Waals surface area contributed by atoms with E-state index in [1.807, 2.05) is 30.3 Å². The van der Waals surface area contributed by atoms with Crippen LogP contribution in [0.3, 0.4) is 0 Å². The van der Waals surface area contributed by atoms with Gasteiger partial charge in [0.1, 0.15) is 0 Å². The first kappa shape index (κ1) is 12.9. The molecule has 2 nitrogen and oxygen atoms in total. The topological polar surface area (TPSA) is 17.8 Å². The quantitative estimate of drug-likeness (QED) is 0.447. The van der Waals surface area contributed by atoms with Gasteiger partial charge in [-0.2, -0.15) is 5.10 Å². The molecule has 0 unspecified atom stereocenters. The van der Waals surface area contributed by atoms with Crippen LogP contribution in [0.4, 0.5) is 0 Å². The SMILES string of the molecule is S=c1sc([S-])nn1-c1ccccc1.[K]. The van der Waals surface area contributed by atoms with Crippen molar-refractivity contribution in [3.63, 3.8) is 0 Å². The zero-order valence-corrected chi connectivity index (χ0v) is 13.1. The van der Waals surface area contributed by atoms with Gasteiger partial charge in [-0.1, -0.05) is 30.4 Å². The molecule has 1 radical (unpaired) electrons. The molecule has 1 aromatic carbocycles. The van der Waals surface area contributed by atoms with Crippen LogP contribution in [0, 0.1) is 3.95 Å². The third kappa shape index (κ3) is 2.93. The molecule has 2 rings (SSSR count). The van der Waals surface area contributed by atoms with E-state index in [0.717, 1.165) is 5.69 Å². The van der Waals surface area contributed by atoms with E-state index in [0.29, 0.717) is 8.29 Å². The molecule has 0 aliphatic rings. The van der Waals surface area contributed by atoms with E-state index in [9.17, 15) is 0 Å². The number of nitrogens with zero attached hydrogens (tertiary/aromatic N) is 2. The Morgan fingerprint density at radius 3 is 2.43 bits per heavy atom. The summed E-state index contributed by atoms with van der Waals surface area (Å²) in [6.45, 7) is 0. The summed E-state index contributed by atoms with van der Waals surface area (Å²) in [6.07, 6.45) is 0. The van der Waals surface area contributed by atoms with Crippen LogP contribution in [-0.2, 0) is 12.6 Å². The number of benzene rings is 1. The Morgan fingerprint density at radius 1 is 1.29 bits per heavy atom. The van der Waals surface area contributed by atoms with Crippen LogP contribution in [-0.4, -0.2) is 61.2 Å². The van der Waals surface area contributed by atoms with Crippen LogP contribution in [0.1, 0.15) is 0 Å². The number of rotatable bonds is 1. The Kier molecular flexibility index (Phi) is 5.36. The largest absolute Gasteiger partial charge is 0.406 e. The van der Waals surface area contributed by atoms with Crippen molar-refractivity contribution in [3.8, 4) is 5.69 Å². The molecule has 6 heteroatoms. The van der Waals surface area contributed by atoms with Crippen LogP contribution in [0.5, 0.6) is 0 Å². The molecule has 1 heterocycles. The van der Waals surface area contributed by atoms with Crippen molar-refractivity contribution < 1.29 is 0 Å². The fraction of sp³-hybridized carbons (Fsp3) is 0. The van der Waals surface area contributed by atoms with Crippen molar-refractivity contribution in [3.05, 3.63) is 34.3 Å². The summed E-state index contributed by atoms with van der Waals surface area (Å²) in [6, 6.07) is 9.74. The third-order valence-electron chi connectivity index (χ3n) is 1.53. The summed E-state index contributed by atoms with van der Waals surface area (Å²) in [4.78, 5) is 0. The Morgan fingerprint density at radius 2 is 1.93 bits per heavy atom. The Labute approximate surface area is 139 Å². The normalized spacial score (nSPS) is 9.43. The van der Waals surface area contributed by atoms with Gasteiger partial charge >= 0.3 is 0 Å². The average Bonchev–Trinajstić information content (AvgIpc) is 2.47. The molecule has 0 spiro atoms. The van der Waals surface area contributed by atoms with E-state index < -0.39 is 0 Å². The van der Waals surface area contributed by atoms with Gasteiger partial charge in [-0.15, -0.1) is 0 Å². The van der Waals surface area contributed by atoms with E-state index in [2.05, 4.69) is 5.10 Å². The molecule has 14 heavy (non-hydrogen) atoms. The Balaban J connectivity index is 0.000000980. The van der Waals surface area contributed by atoms with Crippen molar-refractivity contribution in [1.82, 2.24) is 9.78 Å². The minimum Gasteiger partial charge on any atom is -0.406 e. The molecule has 0 saturated carbocycles.